The minimum atomic E-state index is -0.192. The van der Waals surface area contributed by atoms with Crippen molar-refractivity contribution in [3.63, 3.8) is 0 Å². The summed E-state index contributed by atoms with van der Waals surface area (Å²) in [6.07, 6.45) is 4.47. The third-order valence-corrected chi connectivity index (χ3v) is 4.63. The number of carbonyl (C=O) groups excluding carboxylic acids is 1. The summed E-state index contributed by atoms with van der Waals surface area (Å²) in [5, 5.41) is 13.0. The second-order valence-electron chi connectivity index (χ2n) is 6.33. The lowest BCUT2D eigenvalue weighted by Gasteiger charge is -2.25. The van der Waals surface area contributed by atoms with Crippen LogP contribution in [-0.4, -0.2) is 22.3 Å². The molecule has 126 valence electrons. The minimum Gasteiger partial charge on any atom is -0.335 e. The fourth-order valence-electron chi connectivity index (χ4n) is 3.37. The Bertz CT molecular complexity index is 872. The molecule has 0 bridgehead atoms. The van der Waals surface area contributed by atoms with Gasteiger partial charge in [-0.3, -0.25) is 5.10 Å². The Labute approximate surface area is 146 Å². The second-order valence-corrected chi connectivity index (χ2v) is 6.33. The molecule has 1 atom stereocenters. The van der Waals surface area contributed by atoms with Crippen molar-refractivity contribution in [1.29, 1.82) is 0 Å². The van der Waals surface area contributed by atoms with Crippen molar-refractivity contribution in [2.75, 3.05) is 5.32 Å². The first kappa shape index (κ1) is 15.4. The largest absolute Gasteiger partial charge is 0.335 e. The van der Waals surface area contributed by atoms with E-state index in [-0.39, 0.29) is 12.1 Å². The molecule has 4 rings (SSSR count). The van der Waals surface area contributed by atoms with Crippen LogP contribution in [0.3, 0.4) is 0 Å². The maximum atomic E-state index is 12.4. The molecular formula is C20H20N4O. The third-order valence-electron chi connectivity index (χ3n) is 4.63. The van der Waals surface area contributed by atoms with E-state index < -0.39 is 0 Å². The van der Waals surface area contributed by atoms with Gasteiger partial charge in [0.25, 0.3) is 0 Å². The van der Waals surface area contributed by atoms with Crippen LogP contribution in [-0.2, 0) is 12.8 Å². The van der Waals surface area contributed by atoms with Gasteiger partial charge in [0, 0.05) is 11.6 Å². The van der Waals surface area contributed by atoms with Crippen molar-refractivity contribution in [2.24, 2.45) is 0 Å². The number of hydrogen-bond donors (Lipinski definition) is 3. The molecule has 25 heavy (non-hydrogen) atoms. The molecule has 0 saturated carbocycles. The highest BCUT2D eigenvalue weighted by molar-refractivity contribution is 5.93. The topological polar surface area (TPSA) is 69.8 Å². The zero-order chi connectivity index (χ0) is 17.1. The fourth-order valence-corrected chi connectivity index (χ4v) is 3.37. The molecule has 0 saturated heterocycles. The number of nitrogens with one attached hydrogen (secondary N) is 3. The number of carbonyl (C=O) groups is 1. The number of anilines is 1. The molecule has 0 radical (unpaired) electrons. The molecule has 0 spiro atoms. The first-order valence-corrected chi connectivity index (χ1v) is 8.52. The molecule has 0 fully saturated rings. The molecule has 2 amide bonds. The van der Waals surface area contributed by atoms with E-state index in [4.69, 9.17) is 0 Å². The maximum Gasteiger partial charge on any atom is 0.319 e. The Hall–Kier alpha value is -3.08. The van der Waals surface area contributed by atoms with Crippen LogP contribution in [0.15, 0.2) is 60.8 Å². The van der Waals surface area contributed by atoms with E-state index in [0.29, 0.717) is 5.69 Å². The van der Waals surface area contributed by atoms with Gasteiger partial charge in [-0.05, 0) is 30.4 Å². The predicted octanol–water partition coefficient (Wildman–Crippen LogP) is 3.76. The quantitative estimate of drug-likeness (QED) is 0.683. The lowest BCUT2D eigenvalue weighted by atomic mass is 9.88. The zero-order valence-electron chi connectivity index (χ0n) is 13.8. The average molecular weight is 332 g/mol. The smallest absolute Gasteiger partial charge is 0.319 e. The third kappa shape index (κ3) is 3.40. The summed E-state index contributed by atoms with van der Waals surface area (Å²) in [6.45, 7) is 0. The number of aromatic nitrogens is 2. The molecule has 5 nitrogen and oxygen atoms in total. The van der Waals surface area contributed by atoms with Gasteiger partial charge in [0.15, 0.2) is 0 Å². The molecule has 1 unspecified atom stereocenters. The fraction of sp³-hybridized carbons (Fsp3) is 0.200. The Morgan fingerprint density at radius 3 is 2.64 bits per heavy atom. The SMILES string of the molecule is O=C(Nc1cn[nH]c1-c1ccccc1)NC1CCc2ccccc2C1. The van der Waals surface area contributed by atoms with Gasteiger partial charge in [0.2, 0.25) is 0 Å². The molecule has 3 N–H and O–H groups in total. The Morgan fingerprint density at radius 2 is 1.80 bits per heavy atom. The van der Waals surface area contributed by atoms with Gasteiger partial charge in [0.1, 0.15) is 0 Å². The van der Waals surface area contributed by atoms with Crippen molar-refractivity contribution < 1.29 is 4.79 Å². The summed E-state index contributed by atoms with van der Waals surface area (Å²) in [4.78, 5) is 12.4. The zero-order valence-corrected chi connectivity index (χ0v) is 13.8. The summed E-state index contributed by atoms with van der Waals surface area (Å²) >= 11 is 0. The van der Waals surface area contributed by atoms with E-state index in [9.17, 15) is 4.79 Å². The molecule has 3 aromatic rings. The van der Waals surface area contributed by atoms with Crippen molar-refractivity contribution >= 4 is 11.7 Å². The number of rotatable bonds is 3. The Kier molecular flexibility index (Phi) is 4.21. The minimum absolute atomic E-state index is 0.155. The van der Waals surface area contributed by atoms with Crippen LogP contribution in [0.2, 0.25) is 0 Å². The molecule has 1 aliphatic rings. The number of nitrogens with zero attached hydrogens (tertiary/aromatic N) is 1. The molecule has 2 aromatic carbocycles. The maximum absolute atomic E-state index is 12.4. The monoisotopic (exact) mass is 332 g/mol. The standard InChI is InChI=1S/C20H20N4O/c25-20(22-17-11-10-14-6-4-5-9-16(14)12-17)23-18-13-21-24-19(18)15-7-2-1-3-8-15/h1-9,13,17H,10-12H2,(H,21,24)(H2,22,23,25). The molecule has 1 heterocycles. The van der Waals surface area contributed by atoms with E-state index in [1.807, 2.05) is 30.3 Å². The summed E-state index contributed by atoms with van der Waals surface area (Å²) in [5.41, 5.74) is 5.20. The van der Waals surface area contributed by atoms with E-state index >= 15 is 0 Å². The van der Waals surface area contributed by atoms with Crippen molar-refractivity contribution in [3.05, 3.63) is 71.9 Å². The number of amides is 2. The lowest BCUT2D eigenvalue weighted by molar-refractivity contribution is 0.247. The number of aromatic amines is 1. The number of benzene rings is 2. The summed E-state index contributed by atoms with van der Waals surface area (Å²) in [5.74, 6) is 0. The molecule has 5 heteroatoms. The molecular weight excluding hydrogens is 312 g/mol. The number of urea groups is 1. The van der Waals surface area contributed by atoms with Crippen LogP contribution in [0.1, 0.15) is 17.5 Å². The van der Waals surface area contributed by atoms with E-state index in [1.54, 1.807) is 6.20 Å². The van der Waals surface area contributed by atoms with Gasteiger partial charge in [-0.15, -0.1) is 0 Å². The van der Waals surface area contributed by atoms with Gasteiger partial charge in [-0.1, -0.05) is 54.6 Å². The molecule has 1 aromatic heterocycles. The number of H-pyrrole nitrogens is 1. The highest BCUT2D eigenvalue weighted by Crippen LogP contribution is 2.25. The number of aryl methyl sites for hydroxylation is 1. The first-order valence-electron chi connectivity index (χ1n) is 8.52. The Balaban J connectivity index is 1.42. The Morgan fingerprint density at radius 1 is 1.04 bits per heavy atom. The van der Waals surface area contributed by atoms with Gasteiger partial charge < -0.3 is 10.6 Å². The van der Waals surface area contributed by atoms with E-state index in [2.05, 4.69) is 45.1 Å². The van der Waals surface area contributed by atoms with Crippen molar-refractivity contribution in [1.82, 2.24) is 15.5 Å². The number of fused-ring (bicyclic) bond motifs is 1. The van der Waals surface area contributed by atoms with Crippen LogP contribution in [0.25, 0.3) is 11.3 Å². The van der Waals surface area contributed by atoms with Crippen LogP contribution in [0, 0.1) is 0 Å². The van der Waals surface area contributed by atoms with Crippen molar-refractivity contribution in [3.8, 4) is 11.3 Å². The van der Waals surface area contributed by atoms with Crippen molar-refractivity contribution in [2.45, 2.75) is 25.3 Å². The van der Waals surface area contributed by atoms with Gasteiger partial charge in [-0.2, -0.15) is 5.10 Å². The average Bonchev–Trinajstić information content (AvgIpc) is 3.10. The second kappa shape index (κ2) is 6.81. The van der Waals surface area contributed by atoms with Gasteiger partial charge >= 0.3 is 6.03 Å². The highest BCUT2D eigenvalue weighted by Gasteiger charge is 2.20. The normalized spacial score (nSPS) is 16.1. The van der Waals surface area contributed by atoms with Crippen LogP contribution < -0.4 is 10.6 Å². The lowest BCUT2D eigenvalue weighted by Crippen LogP contribution is -2.41. The van der Waals surface area contributed by atoms with Crippen LogP contribution in [0.5, 0.6) is 0 Å². The number of hydrogen-bond acceptors (Lipinski definition) is 2. The predicted molar refractivity (Wildman–Crippen MR) is 98.4 cm³/mol. The molecule has 0 aliphatic heterocycles. The summed E-state index contributed by atoms with van der Waals surface area (Å²) in [7, 11) is 0. The molecule has 1 aliphatic carbocycles. The summed E-state index contributed by atoms with van der Waals surface area (Å²) in [6, 6.07) is 18.2. The first-order chi connectivity index (χ1) is 12.3. The highest BCUT2D eigenvalue weighted by atomic mass is 16.2. The summed E-state index contributed by atoms with van der Waals surface area (Å²) < 4.78 is 0. The van der Waals surface area contributed by atoms with Crippen LogP contribution >= 0.6 is 0 Å². The van der Waals surface area contributed by atoms with E-state index in [1.165, 1.54) is 11.1 Å². The van der Waals surface area contributed by atoms with E-state index in [0.717, 1.165) is 30.5 Å². The van der Waals surface area contributed by atoms with Gasteiger partial charge in [-0.25, -0.2) is 4.79 Å². The van der Waals surface area contributed by atoms with Gasteiger partial charge in [0.05, 0.1) is 17.6 Å². The van der Waals surface area contributed by atoms with Crippen LogP contribution in [0.4, 0.5) is 10.5 Å².